The maximum atomic E-state index is 12.8. The average molecular weight is 475 g/mol. The Balaban J connectivity index is 1.43. The summed E-state index contributed by atoms with van der Waals surface area (Å²) >= 11 is 7.48. The van der Waals surface area contributed by atoms with Crippen LogP contribution in [0.3, 0.4) is 0 Å². The molecule has 4 rings (SSSR count). The van der Waals surface area contributed by atoms with E-state index in [-0.39, 0.29) is 17.1 Å². The number of carbonyl (C=O) groups excluding carboxylic acids is 2. The molecule has 0 bridgehead atoms. The molecule has 0 radical (unpaired) electrons. The topological polar surface area (TPSA) is 58.2 Å². The first-order valence-electron chi connectivity index (χ1n) is 10.6. The van der Waals surface area contributed by atoms with Crippen molar-refractivity contribution in [3.05, 3.63) is 102 Å². The van der Waals surface area contributed by atoms with Crippen LogP contribution in [0.4, 0.5) is 11.4 Å². The number of anilines is 2. The predicted molar refractivity (Wildman–Crippen MR) is 138 cm³/mol. The minimum atomic E-state index is -0.282. The highest BCUT2D eigenvalue weighted by Crippen LogP contribution is 2.29. The molecule has 0 saturated carbocycles. The van der Waals surface area contributed by atoms with Crippen molar-refractivity contribution < 1.29 is 9.59 Å². The van der Waals surface area contributed by atoms with Gasteiger partial charge in [0.1, 0.15) is 0 Å². The third kappa shape index (κ3) is 5.95. The standard InChI is InChI=1S/C27H23ClN2O2S/c1-2-25(27(32)30-22-10-5-9-21(28)16-22)33-24-12-6-11-23(17-24)29-26(31)20-14-13-18-7-3-4-8-19(18)15-20/h3-17,25H,2H2,1H3,(H,29,31)(H,30,32). The molecule has 33 heavy (non-hydrogen) atoms. The quantitative estimate of drug-likeness (QED) is 0.277. The van der Waals surface area contributed by atoms with Gasteiger partial charge < -0.3 is 10.6 Å². The Morgan fingerprint density at radius 2 is 1.55 bits per heavy atom. The first kappa shape index (κ1) is 22.9. The van der Waals surface area contributed by atoms with E-state index < -0.39 is 0 Å². The summed E-state index contributed by atoms with van der Waals surface area (Å²) in [6.45, 7) is 1.97. The van der Waals surface area contributed by atoms with Gasteiger partial charge in [-0.1, -0.05) is 61.0 Å². The zero-order valence-electron chi connectivity index (χ0n) is 18.0. The summed E-state index contributed by atoms with van der Waals surface area (Å²) in [5.74, 6) is -0.260. The third-order valence-corrected chi connectivity index (χ3v) is 6.73. The second kappa shape index (κ2) is 10.6. The fourth-order valence-corrected chi connectivity index (χ4v) is 4.66. The summed E-state index contributed by atoms with van der Waals surface area (Å²) in [6.07, 6.45) is 0.657. The van der Waals surface area contributed by atoms with Gasteiger partial charge in [0.25, 0.3) is 5.91 Å². The van der Waals surface area contributed by atoms with Crippen LogP contribution in [0.5, 0.6) is 0 Å². The number of rotatable bonds is 7. The van der Waals surface area contributed by atoms with Gasteiger partial charge in [-0.25, -0.2) is 0 Å². The fourth-order valence-electron chi connectivity index (χ4n) is 3.46. The van der Waals surface area contributed by atoms with Crippen LogP contribution in [-0.4, -0.2) is 17.1 Å². The molecule has 4 aromatic carbocycles. The maximum Gasteiger partial charge on any atom is 0.255 e. The lowest BCUT2D eigenvalue weighted by molar-refractivity contribution is -0.115. The third-order valence-electron chi connectivity index (χ3n) is 5.14. The lowest BCUT2D eigenvalue weighted by Crippen LogP contribution is -2.24. The number of nitrogens with one attached hydrogen (secondary N) is 2. The monoisotopic (exact) mass is 474 g/mol. The summed E-state index contributed by atoms with van der Waals surface area (Å²) in [6, 6.07) is 28.2. The minimum Gasteiger partial charge on any atom is -0.325 e. The van der Waals surface area contributed by atoms with Crippen molar-refractivity contribution in [2.75, 3.05) is 10.6 Å². The number of carbonyl (C=O) groups is 2. The first-order chi connectivity index (χ1) is 16.0. The van der Waals surface area contributed by atoms with Gasteiger partial charge in [-0.3, -0.25) is 9.59 Å². The van der Waals surface area contributed by atoms with Crippen LogP contribution in [0.2, 0.25) is 5.02 Å². The zero-order valence-corrected chi connectivity index (χ0v) is 19.6. The molecule has 0 aliphatic carbocycles. The highest BCUT2D eigenvalue weighted by Gasteiger charge is 2.18. The second-order valence-electron chi connectivity index (χ2n) is 7.56. The Hall–Kier alpha value is -3.28. The lowest BCUT2D eigenvalue weighted by Gasteiger charge is -2.15. The van der Waals surface area contributed by atoms with Gasteiger partial charge in [-0.05, 0) is 65.7 Å². The number of hydrogen-bond donors (Lipinski definition) is 2. The SMILES string of the molecule is CCC(Sc1cccc(NC(=O)c2ccc3ccccc3c2)c1)C(=O)Nc1cccc(Cl)c1. The van der Waals surface area contributed by atoms with Gasteiger partial charge in [0, 0.05) is 26.9 Å². The molecule has 4 aromatic rings. The van der Waals surface area contributed by atoms with Crippen LogP contribution in [0.15, 0.2) is 95.9 Å². The molecule has 0 saturated heterocycles. The molecule has 1 unspecified atom stereocenters. The van der Waals surface area contributed by atoms with Gasteiger partial charge in [0.2, 0.25) is 5.91 Å². The number of benzene rings is 4. The van der Waals surface area contributed by atoms with E-state index in [0.717, 1.165) is 15.7 Å². The second-order valence-corrected chi connectivity index (χ2v) is 9.27. The molecule has 2 amide bonds. The maximum absolute atomic E-state index is 12.8. The predicted octanol–water partition coefficient (Wildman–Crippen LogP) is 7.25. The van der Waals surface area contributed by atoms with Crippen molar-refractivity contribution in [3.8, 4) is 0 Å². The molecule has 0 aliphatic heterocycles. The van der Waals surface area contributed by atoms with E-state index in [4.69, 9.17) is 11.6 Å². The molecule has 0 spiro atoms. The van der Waals surface area contributed by atoms with Crippen molar-refractivity contribution in [2.24, 2.45) is 0 Å². The Kier molecular flexibility index (Phi) is 7.33. The molecule has 0 heterocycles. The van der Waals surface area contributed by atoms with E-state index in [1.165, 1.54) is 11.8 Å². The summed E-state index contributed by atoms with van der Waals surface area (Å²) in [5.41, 5.74) is 1.95. The van der Waals surface area contributed by atoms with Gasteiger partial charge in [-0.2, -0.15) is 0 Å². The summed E-state index contributed by atoms with van der Waals surface area (Å²) < 4.78 is 0. The highest BCUT2D eigenvalue weighted by molar-refractivity contribution is 8.00. The Bertz CT molecular complexity index is 1310. The molecule has 166 valence electrons. The Labute approximate surface area is 202 Å². The highest BCUT2D eigenvalue weighted by atomic mass is 35.5. The van der Waals surface area contributed by atoms with Crippen LogP contribution >= 0.6 is 23.4 Å². The van der Waals surface area contributed by atoms with Crippen molar-refractivity contribution in [1.29, 1.82) is 0 Å². The summed E-state index contributed by atoms with van der Waals surface area (Å²) in [7, 11) is 0. The fraction of sp³-hybridized carbons (Fsp3) is 0.111. The van der Waals surface area contributed by atoms with E-state index >= 15 is 0 Å². The molecular weight excluding hydrogens is 452 g/mol. The smallest absolute Gasteiger partial charge is 0.255 e. The van der Waals surface area contributed by atoms with Crippen LogP contribution < -0.4 is 10.6 Å². The molecule has 0 fully saturated rings. The lowest BCUT2D eigenvalue weighted by atomic mass is 10.1. The van der Waals surface area contributed by atoms with E-state index in [0.29, 0.717) is 28.4 Å². The molecular formula is C27H23ClN2O2S. The number of fused-ring (bicyclic) bond motifs is 1. The van der Waals surface area contributed by atoms with Crippen LogP contribution in [0.25, 0.3) is 10.8 Å². The van der Waals surface area contributed by atoms with Gasteiger partial charge in [0.05, 0.1) is 5.25 Å². The van der Waals surface area contributed by atoms with Crippen molar-refractivity contribution in [2.45, 2.75) is 23.5 Å². The largest absolute Gasteiger partial charge is 0.325 e. The van der Waals surface area contributed by atoms with Crippen molar-refractivity contribution >= 4 is 57.3 Å². The number of halogens is 1. The van der Waals surface area contributed by atoms with Crippen LogP contribution in [-0.2, 0) is 4.79 Å². The minimum absolute atomic E-state index is 0.0876. The molecule has 4 nitrogen and oxygen atoms in total. The van der Waals surface area contributed by atoms with Crippen molar-refractivity contribution in [1.82, 2.24) is 0 Å². The summed E-state index contributed by atoms with van der Waals surface area (Å²) in [4.78, 5) is 26.5. The zero-order chi connectivity index (χ0) is 23.2. The van der Waals surface area contributed by atoms with E-state index in [9.17, 15) is 9.59 Å². The average Bonchev–Trinajstić information content (AvgIpc) is 2.82. The van der Waals surface area contributed by atoms with Crippen LogP contribution in [0, 0.1) is 0 Å². The first-order valence-corrected chi connectivity index (χ1v) is 11.9. The number of amides is 2. The number of hydrogen-bond acceptors (Lipinski definition) is 3. The number of thioether (sulfide) groups is 1. The van der Waals surface area contributed by atoms with Gasteiger partial charge in [-0.15, -0.1) is 11.8 Å². The van der Waals surface area contributed by atoms with Crippen molar-refractivity contribution in [3.63, 3.8) is 0 Å². The normalized spacial score (nSPS) is 11.7. The van der Waals surface area contributed by atoms with E-state index in [2.05, 4.69) is 10.6 Å². The van der Waals surface area contributed by atoms with Gasteiger partial charge >= 0.3 is 0 Å². The molecule has 1 atom stereocenters. The molecule has 0 aromatic heterocycles. The van der Waals surface area contributed by atoms with Gasteiger partial charge in [0.15, 0.2) is 0 Å². The van der Waals surface area contributed by atoms with Crippen LogP contribution in [0.1, 0.15) is 23.7 Å². The molecule has 6 heteroatoms. The Morgan fingerprint density at radius 1 is 0.818 bits per heavy atom. The summed E-state index contributed by atoms with van der Waals surface area (Å²) in [5, 5.41) is 8.29. The van der Waals surface area contributed by atoms with E-state index in [1.54, 1.807) is 18.2 Å². The molecule has 0 aliphatic rings. The van der Waals surface area contributed by atoms with E-state index in [1.807, 2.05) is 79.7 Å². The Morgan fingerprint density at radius 3 is 2.30 bits per heavy atom. The molecule has 2 N–H and O–H groups in total.